The van der Waals surface area contributed by atoms with E-state index in [1.807, 2.05) is 30.3 Å². The molecule has 1 unspecified atom stereocenters. The Morgan fingerprint density at radius 2 is 1.60 bits per heavy atom. The Labute approximate surface area is 218 Å². The number of hydrogen-bond acceptors (Lipinski definition) is 3. The first-order chi connectivity index (χ1) is 17.0. The predicted octanol–water partition coefficient (Wildman–Crippen LogP) is 7.04. The van der Waals surface area contributed by atoms with Crippen molar-refractivity contribution >= 4 is 34.5 Å². The molecule has 1 heterocycles. The molecule has 0 spiro atoms. The van der Waals surface area contributed by atoms with Crippen LogP contribution in [0, 0.1) is 0 Å². The Morgan fingerprint density at radius 3 is 2.29 bits per heavy atom. The van der Waals surface area contributed by atoms with Gasteiger partial charge in [-0.15, -0.1) is 12.6 Å². The second-order valence-corrected chi connectivity index (χ2v) is 11.3. The summed E-state index contributed by atoms with van der Waals surface area (Å²) in [7, 11) is -1.53. The summed E-state index contributed by atoms with van der Waals surface area (Å²) in [5.74, 6) is -0.335. The van der Waals surface area contributed by atoms with Crippen LogP contribution < -0.4 is 5.32 Å². The van der Waals surface area contributed by atoms with Crippen LogP contribution in [0.2, 0.25) is 0 Å². The molecule has 0 radical (unpaired) electrons. The monoisotopic (exact) mass is 513 g/mol. The molecule has 1 amide bonds. The smallest absolute Gasteiger partial charge is 0.253 e. The summed E-state index contributed by atoms with van der Waals surface area (Å²) in [6, 6.07) is 9.55. The highest BCUT2D eigenvalue weighted by Crippen LogP contribution is 2.38. The third kappa shape index (κ3) is 7.07. The molecule has 0 aromatic heterocycles. The van der Waals surface area contributed by atoms with Gasteiger partial charge in [-0.05, 0) is 48.1 Å². The number of rotatable bonds is 14. The zero-order valence-corrected chi connectivity index (χ0v) is 22.9. The van der Waals surface area contributed by atoms with Crippen LogP contribution in [0.5, 0.6) is 0 Å². The first-order valence-electron chi connectivity index (χ1n) is 13.2. The molecule has 3 rings (SSSR count). The molecule has 1 aliphatic heterocycles. The molecule has 0 fully saturated rings. The maximum atomic E-state index is 13.8. The predicted molar refractivity (Wildman–Crippen MR) is 147 cm³/mol. The second-order valence-electron chi connectivity index (χ2n) is 9.46. The SMILES string of the molecule is CCCCCCCCCCc1cc(C(=O)S)c(C(=O)NCCCC)c2c1Cc1ccccc1S2=O. The van der Waals surface area contributed by atoms with E-state index in [-0.39, 0.29) is 17.0 Å². The van der Waals surface area contributed by atoms with E-state index in [9.17, 15) is 13.8 Å². The van der Waals surface area contributed by atoms with Crippen LogP contribution >= 0.6 is 12.6 Å². The highest BCUT2D eigenvalue weighted by Gasteiger charge is 2.32. The highest BCUT2D eigenvalue weighted by atomic mass is 32.2. The fraction of sp³-hybridized carbons (Fsp3) is 0.517. The van der Waals surface area contributed by atoms with Gasteiger partial charge in [-0.3, -0.25) is 9.59 Å². The Hall–Kier alpha value is -1.92. The topological polar surface area (TPSA) is 63.2 Å². The lowest BCUT2D eigenvalue weighted by Gasteiger charge is -2.25. The van der Waals surface area contributed by atoms with E-state index >= 15 is 0 Å². The summed E-state index contributed by atoms with van der Waals surface area (Å²) >= 11 is 4.11. The van der Waals surface area contributed by atoms with Crippen LogP contribution in [-0.2, 0) is 23.6 Å². The van der Waals surface area contributed by atoms with Gasteiger partial charge >= 0.3 is 0 Å². The van der Waals surface area contributed by atoms with E-state index in [1.54, 1.807) is 0 Å². The summed E-state index contributed by atoms with van der Waals surface area (Å²) in [5.41, 5.74) is 3.50. The second kappa shape index (κ2) is 14.0. The fourth-order valence-corrected chi connectivity index (χ4v) is 6.61. The Kier molecular flexibility index (Phi) is 11.1. The number of carbonyl (C=O) groups excluding carboxylic acids is 2. The minimum Gasteiger partial charge on any atom is -0.352 e. The maximum absolute atomic E-state index is 13.8. The summed E-state index contributed by atoms with van der Waals surface area (Å²) in [6.07, 6.45) is 13.0. The molecule has 1 N–H and O–H groups in total. The third-order valence-electron chi connectivity index (χ3n) is 6.77. The zero-order chi connectivity index (χ0) is 25.2. The molecular weight excluding hydrogens is 474 g/mol. The number of aryl methyl sites for hydroxylation is 1. The Morgan fingerprint density at radius 1 is 0.943 bits per heavy atom. The molecule has 0 saturated carbocycles. The van der Waals surface area contributed by atoms with Crippen LogP contribution in [0.1, 0.15) is 115 Å². The highest BCUT2D eigenvalue weighted by molar-refractivity contribution is 7.97. The van der Waals surface area contributed by atoms with Crippen molar-refractivity contribution < 1.29 is 13.8 Å². The number of carbonyl (C=O) groups is 2. The van der Waals surface area contributed by atoms with Crippen molar-refractivity contribution in [2.45, 2.75) is 101 Å². The number of nitrogens with one attached hydrogen (secondary N) is 1. The first kappa shape index (κ1) is 27.7. The van der Waals surface area contributed by atoms with Crippen molar-refractivity contribution in [2.24, 2.45) is 0 Å². The van der Waals surface area contributed by atoms with Gasteiger partial charge in [-0.25, -0.2) is 4.21 Å². The van der Waals surface area contributed by atoms with Crippen molar-refractivity contribution in [3.8, 4) is 0 Å². The van der Waals surface area contributed by atoms with Crippen molar-refractivity contribution in [3.63, 3.8) is 0 Å². The first-order valence-corrected chi connectivity index (χ1v) is 14.8. The van der Waals surface area contributed by atoms with Gasteiger partial charge in [0, 0.05) is 23.4 Å². The average molecular weight is 514 g/mol. The minimum absolute atomic E-state index is 0.239. The summed E-state index contributed by atoms with van der Waals surface area (Å²) in [4.78, 5) is 27.1. The van der Waals surface area contributed by atoms with Crippen LogP contribution in [0.4, 0.5) is 0 Å². The molecule has 6 heteroatoms. The van der Waals surface area contributed by atoms with Gasteiger partial charge in [0.1, 0.15) is 0 Å². The minimum atomic E-state index is -1.53. The van der Waals surface area contributed by atoms with Gasteiger partial charge in [-0.1, -0.05) is 83.4 Å². The maximum Gasteiger partial charge on any atom is 0.253 e. The Bertz CT molecular complexity index is 1060. The number of thiol groups is 1. The number of fused-ring (bicyclic) bond motifs is 2. The van der Waals surface area contributed by atoms with Crippen LogP contribution in [0.25, 0.3) is 0 Å². The van der Waals surface area contributed by atoms with E-state index in [0.29, 0.717) is 17.9 Å². The van der Waals surface area contributed by atoms with E-state index in [4.69, 9.17) is 0 Å². The Balaban J connectivity index is 1.91. The van der Waals surface area contributed by atoms with Crippen molar-refractivity contribution in [2.75, 3.05) is 6.54 Å². The quantitative estimate of drug-likeness (QED) is 0.179. The van der Waals surface area contributed by atoms with Gasteiger partial charge in [0.2, 0.25) is 5.12 Å². The van der Waals surface area contributed by atoms with E-state index in [0.717, 1.165) is 53.7 Å². The van der Waals surface area contributed by atoms with E-state index in [2.05, 4.69) is 31.8 Å². The third-order valence-corrected chi connectivity index (χ3v) is 8.63. The van der Waals surface area contributed by atoms with Crippen LogP contribution in [-0.4, -0.2) is 21.8 Å². The van der Waals surface area contributed by atoms with Gasteiger partial charge in [0.05, 0.1) is 21.3 Å². The molecule has 190 valence electrons. The average Bonchev–Trinajstić information content (AvgIpc) is 2.85. The van der Waals surface area contributed by atoms with Crippen molar-refractivity contribution in [3.05, 3.63) is 58.1 Å². The molecule has 1 atom stereocenters. The molecule has 0 bridgehead atoms. The molecule has 0 saturated heterocycles. The molecule has 2 aromatic rings. The van der Waals surface area contributed by atoms with Crippen molar-refractivity contribution in [1.82, 2.24) is 5.32 Å². The molecule has 0 aliphatic carbocycles. The van der Waals surface area contributed by atoms with Gasteiger partial charge in [-0.2, -0.15) is 0 Å². The molecule has 2 aromatic carbocycles. The molecule has 1 aliphatic rings. The molecule has 35 heavy (non-hydrogen) atoms. The zero-order valence-electron chi connectivity index (χ0n) is 21.2. The summed E-state index contributed by atoms with van der Waals surface area (Å²) in [6.45, 7) is 4.81. The largest absolute Gasteiger partial charge is 0.352 e. The number of unbranched alkanes of at least 4 members (excludes halogenated alkanes) is 8. The summed E-state index contributed by atoms with van der Waals surface area (Å²) in [5, 5.41) is 2.47. The lowest BCUT2D eigenvalue weighted by Crippen LogP contribution is -2.29. The van der Waals surface area contributed by atoms with Gasteiger partial charge in [0.15, 0.2) is 0 Å². The standard InChI is InChI=1S/C29H39NO3S2/c1-3-5-7-8-9-10-11-12-15-21-19-24(29(32)34)26(28(31)30-18-6-4-2)27-23(21)20-22-16-13-14-17-25(22)35(27)33/h13-14,16-17,19H,3-12,15,18,20H2,1-2H3,(H,30,31)(H,32,34). The van der Waals surface area contributed by atoms with Gasteiger partial charge < -0.3 is 5.32 Å². The molecular formula is C29H39NO3S2. The lowest BCUT2D eigenvalue weighted by atomic mass is 9.90. The van der Waals surface area contributed by atoms with Crippen LogP contribution in [0.3, 0.4) is 0 Å². The van der Waals surface area contributed by atoms with E-state index in [1.165, 1.54) is 38.5 Å². The fourth-order valence-electron chi connectivity index (χ4n) is 4.82. The number of hydrogen-bond donors (Lipinski definition) is 2. The van der Waals surface area contributed by atoms with Crippen molar-refractivity contribution in [1.29, 1.82) is 0 Å². The molecule has 4 nitrogen and oxygen atoms in total. The number of amides is 1. The normalized spacial score (nSPS) is 14.3. The van der Waals surface area contributed by atoms with E-state index < -0.39 is 15.9 Å². The van der Waals surface area contributed by atoms with Crippen LogP contribution in [0.15, 0.2) is 40.1 Å². The van der Waals surface area contributed by atoms with Gasteiger partial charge in [0.25, 0.3) is 5.91 Å². The number of benzene rings is 2. The lowest BCUT2D eigenvalue weighted by molar-refractivity contribution is 0.0942. The summed E-state index contributed by atoms with van der Waals surface area (Å²) < 4.78 is 13.8.